The van der Waals surface area contributed by atoms with Crippen LogP contribution in [0.1, 0.15) is 128 Å². The fraction of sp³-hybridized carbons (Fsp3) is 0.390. The summed E-state index contributed by atoms with van der Waals surface area (Å²) in [5.41, 5.74) is 21.2. The number of benzene rings is 8. The summed E-state index contributed by atoms with van der Waals surface area (Å²) >= 11 is 0. The number of anilines is 4. The molecular formula is C82H106N8+2. The Labute approximate surface area is 542 Å². The van der Waals surface area contributed by atoms with E-state index in [1.807, 2.05) is 0 Å². The summed E-state index contributed by atoms with van der Waals surface area (Å²) in [6.07, 6.45) is 4.19. The Kier molecular flexibility index (Phi) is 24.3. The summed E-state index contributed by atoms with van der Waals surface area (Å²) in [5.74, 6) is 0. The maximum absolute atomic E-state index is 2.58. The number of fused-ring (bicyclic) bond motifs is 4. The van der Waals surface area contributed by atoms with E-state index in [1.54, 1.807) is 0 Å². The minimum atomic E-state index is 0.987. The van der Waals surface area contributed by atoms with Crippen molar-refractivity contribution in [2.45, 2.75) is 109 Å². The zero-order valence-corrected chi connectivity index (χ0v) is 57.0. The second kappa shape index (κ2) is 32.8. The Bertz CT molecular complexity index is 3460. The van der Waals surface area contributed by atoms with Gasteiger partial charge in [-0.1, -0.05) is 113 Å². The second-order valence-corrected chi connectivity index (χ2v) is 23.9. The number of hydrogen-bond donors (Lipinski definition) is 0. The molecule has 0 fully saturated rings. The van der Waals surface area contributed by atoms with Crippen molar-refractivity contribution in [3.63, 3.8) is 0 Å². The lowest BCUT2D eigenvalue weighted by molar-refractivity contribution is 0.302. The zero-order valence-electron chi connectivity index (χ0n) is 57.0. The number of aryl methyl sites for hydroxylation is 4. The number of nitrogens with zero attached hydrogens (tertiary/aromatic N) is 8. The fourth-order valence-electron chi connectivity index (χ4n) is 13.9. The van der Waals surface area contributed by atoms with Crippen LogP contribution in [0.4, 0.5) is 34.1 Å². The van der Waals surface area contributed by atoms with Crippen molar-refractivity contribution in [3.05, 3.63) is 248 Å². The van der Waals surface area contributed by atoms with E-state index < -0.39 is 0 Å². The van der Waals surface area contributed by atoms with Gasteiger partial charge in [-0.2, -0.15) is 9.15 Å². The third-order valence-electron chi connectivity index (χ3n) is 19.4. The maximum atomic E-state index is 2.58. The van der Waals surface area contributed by atoms with Crippen LogP contribution in [0.15, 0.2) is 182 Å². The van der Waals surface area contributed by atoms with Gasteiger partial charge in [-0.25, -0.2) is 0 Å². The van der Waals surface area contributed by atoms with Crippen LogP contribution in [-0.4, -0.2) is 115 Å². The fourth-order valence-corrected chi connectivity index (χ4v) is 13.9. The van der Waals surface area contributed by atoms with Crippen LogP contribution in [-0.2, 0) is 25.7 Å². The Hall–Kier alpha value is -7.78. The smallest absolute Gasteiger partial charge is 0.208 e. The first-order chi connectivity index (χ1) is 44.1. The minimum Gasteiger partial charge on any atom is -0.372 e. The molecule has 2 aliphatic heterocycles. The third-order valence-corrected chi connectivity index (χ3v) is 19.4. The topological polar surface area (TPSA) is 25.5 Å². The van der Waals surface area contributed by atoms with Crippen LogP contribution >= 0.6 is 0 Å². The van der Waals surface area contributed by atoms with Crippen LogP contribution in [0.3, 0.4) is 0 Å². The van der Waals surface area contributed by atoms with E-state index in [0.717, 1.165) is 130 Å². The van der Waals surface area contributed by atoms with Crippen molar-refractivity contribution >= 4 is 45.3 Å². The highest BCUT2D eigenvalue weighted by Crippen LogP contribution is 2.30. The van der Waals surface area contributed by atoms with Gasteiger partial charge in [-0.05, 0) is 224 Å². The van der Waals surface area contributed by atoms with Crippen molar-refractivity contribution in [1.29, 1.82) is 0 Å². The van der Waals surface area contributed by atoms with Crippen LogP contribution < -0.4 is 49.9 Å². The molecule has 8 aromatic rings. The molecule has 90 heavy (non-hydrogen) atoms. The summed E-state index contributed by atoms with van der Waals surface area (Å²) in [6.45, 7) is 43.4. The lowest BCUT2D eigenvalue weighted by Crippen LogP contribution is -2.36. The van der Waals surface area contributed by atoms with E-state index in [0.29, 0.717) is 0 Å². The van der Waals surface area contributed by atoms with E-state index in [1.165, 1.54) is 111 Å². The van der Waals surface area contributed by atoms with Gasteiger partial charge in [0.2, 0.25) is 22.1 Å². The Morgan fingerprint density at radius 3 is 0.822 bits per heavy atom. The van der Waals surface area contributed by atoms with Crippen molar-refractivity contribution in [3.8, 4) is 0 Å². The standard InChI is InChI=1S/2C41H53N4/c2*1-7-42(8-2)29-30-45-39-16-14-13-15-32(39)17-18-35-31-36(23-28-40(35)45)41(33-19-24-37(25-20-33)43(9-3)10-4)34-21-26-38(27-22-34)44(11-5)12-6/h2*13-16,19-28,31H,7-12,17-18,29-30H2,1-6H3/q2*+1. The molecule has 472 valence electrons. The summed E-state index contributed by atoms with van der Waals surface area (Å²) in [7, 11) is 0. The minimum absolute atomic E-state index is 0.987. The molecule has 0 unspecified atom stereocenters. The largest absolute Gasteiger partial charge is 0.372 e. The van der Waals surface area contributed by atoms with Gasteiger partial charge in [0.15, 0.2) is 13.1 Å². The van der Waals surface area contributed by atoms with Crippen LogP contribution in [0.25, 0.3) is 11.1 Å². The number of rotatable bonds is 26. The highest BCUT2D eigenvalue weighted by molar-refractivity contribution is 5.82. The lowest BCUT2D eigenvalue weighted by Gasteiger charge is -2.22. The first-order valence-electron chi connectivity index (χ1n) is 34.7. The van der Waals surface area contributed by atoms with Crippen molar-refractivity contribution in [2.75, 3.05) is 124 Å². The van der Waals surface area contributed by atoms with Gasteiger partial charge in [-0.3, -0.25) is 9.80 Å². The highest BCUT2D eigenvalue weighted by Gasteiger charge is 2.25. The van der Waals surface area contributed by atoms with Crippen LogP contribution in [0.5, 0.6) is 0 Å². The maximum Gasteiger partial charge on any atom is 0.208 e. The van der Waals surface area contributed by atoms with Gasteiger partial charge in [0.1, 0.15) is 0 Å². The van der Waals surface area contributed by atoms with Gasteiger partial charge in [0.05, 0.1) is 13.1 Å². The predicted molar refractivity (Wildman–Crippen MR) is 389 cm³/mol. The molecule has 0 atom stereocenters. The van der Waals surface area contributed by atoms with E-state index in [-0.39, 0.29) is 0 Å². The molecule has 2 heterocycles. The van der Waals surface area contributed by atoms with Gasteiger partial charge in [0.25, 0.3) is 0 Å². The molecule has 10 rings (SSSR count). The number of para-hydroxylation sites is 2. The Morgan fingerprint density at radius 1 is 0.289 bits per heavy atom. The average molecular weight is 1200 g/mol. The summed E-state index contributed by atoms with van der Waals surface area (Å²) in [5, 5.41) is 5.28. The first-order valence-corrected chi connectivity index (χ1v) is 34.7. The lowest BCUT2D eigenvalue weighted by atomic mass is 9.93. The molecule has 0 aromatic heterocycles. The number of likely N-dealkylation sites (N-methyl/N-ethyl adjacent to an activating group) is 2. The molecule has 0 amide bonds. The van der Waals surface area contributed by atoms with E-state index in [9.17, 15) is 0 Å². The normalized spacial score (nSPS) is 12.5. The molecule has 8 heteroatoms. The molecule has 0 spiro atoms. The SMILES string of the molecule is CCN(CC)CC[N+]1=c2ccc(=C(c3ccc(N(CC)CC)cc3)c3ccc(N(CC)CC)cc3)cc2CCc2ccccc21.CCN(CC)CC[N+]1=c2ccc(=C(c3ccc(N(CC)CC)cc3)c3ccc(N(CC)CC)cc3)cc2CCc2ccccc21. The van der Waals surface area contributed by atoms with Crippen LogP contribution in [0, 0.1) is 0 Å². The molecule has 2 aliphatic rings. The quantitative estimate of drug-likeness (QED) is 0.0501. The van der Waals surface area contributed by atoms with E-state index in [2.05, 4.69) is 304 Å². The van der Waals surface area contributed by atoms with Gasteiger partial charge < -0.3 is 19.6 Å². The summed E-state index contributed by atoms with van der Waals surface area (Å²) < 4.78 is 5.16. The molecule has 0 N–H and O–H groups in total. The molecule has 0 saturated heterocycles. The molecular weight excluding hydrogens is 1100 g/mol. The highest BCUT2D eigenvalue weighted by atomic mass is 15.2. The van der Waals surface area contributed by atoms with Crippen LogP contribution in [0.2, 0.25) is 0 Å². The Balaban J connectivity index is 0.000000213. The van der Waals surface area contributed by atoms with E-state index >= 15 is 0 Å². The van der Waals surface area contributed by atoms with Crippen molar-refractivity contribution in [2.24, 2.45) is 0 Å². The third kappa shape index (κ3) is 15.5. The Morgan fingerprint density at radius 2 is 0.556 bits per heavy atom. The van der Waals surface area contributed by atoms with Crippen molar-refractivity contribution in [1.82, 2.24) is 19.0 Å². The second-order valence-electron chi connectivity index (χ2n) is 23.9. The zero-order chi connectivity index (χ0) is 63.5. The van der Waals surface area contributed by atoms with Gasteiger partial charge >= 0.3 is 0 Å². The van der Waals surface area contributed by atoms with E-state index in [4.69, 9.17) is 0 Å². The molecule has 8 aromatic carbocycles. The summed E-state index contributed by atoms with van der Waals surface area (Å²) in [6, 6.07) is 69.4. The van der Waals surface area contributed by atoms with Gasteiger partial charge in [-0.15, -0.1) is 0 Å². The molecule has 0 aliphatic carbocycles. The molecule has 0 saturated carbocycles. The monoisotopic (exact) mass is 1200 g/mol. The molecule has 8 nitrogen and oxygen atoms in total. The van der Waals surface area contributed by atoms with Crippen molar-refractivity contribution < 1.29 is 0 Å². The summed E-state index contributed by atoms with van der Waals surface area (Å²) in [4.78, 5) is 14.7. The van der Waals surface area contributed by atoms with Gasteiger partial charge in [0, 0.05) is 122 Å². The predicted octanol–water partition coefficient (Wildman–Crippen LogP) is 13.8. The molecule has 0 radical (unpaired) electrons. The first kappa shape index (κ1) is 66.6. The number of hydrogen-bond acceptors (Lipinski definition) is 6. The average Bonchev–Trinajstić information content (AvgIpc) is 1.55. The molecule has 0 bridgehead atoms.